The van der Waals surface area contributed by atoms with Crippen molar-refractivity contribution in [3.63, 3.8) is 0 Å². The molecule has 0 saturated carbocycles. The molecule has 1 unspecified atom stereocenters. The number of fused-ring (bicyclic) bond motifs is 3. The summed E-state index contributed by atoms with van der Waals surface area (Å²) in [5.74, 6) is 0.453. The Bertz CT molecular complexity index is 805. The van der Waals surface area contributed by atoms with Crippen molar-refractivity contribution >= 4 is 21.9 Å². The topological polar surface area (TPSA) is 13.1 Å². The van der Waals surface area contributed by atoms with E-state index < -0.39 is 0 Å². The molecule has 4 rings (SSSR count). The Morgan fingerprint density at radius 3 is 2.68 bits per heavy atom. The molecule has 0 bridgehead atoms. The van der Waals surface area contributed by atoms with Crippen molar-refractivity contribution in [2.24, 2.45) is 0 Å². The van der Waals surface area contributed by atoms with Crippen molar-refractivity contribution in [3.05, 3.63) is 72.3 Å². The van der Waals surface area contributed by atoms with Crippen molar-refractivity contribution in [2.75, 3.05) is 0 Å². The monoisotopic (exact) mass is 246 g/mol. The standard InChI is InChI=1S/C18H14O/c1-2-7-13(8-3-1)14-10-6-12-17-18(14)15-9-4-5-11-16(15)19-17/h1-7,9-13H,8H2. The summed E-state index contributed by atoms with van der Waals surface area (Å²) in [6, 6.07) is 14.6. The van der Waals surface area contributed by atoms with Crippen LogP contribution < -0.4 is 0 Å². The van der Waals surface area contributed by atoms with Crippen LogP contribution in [-0.4, -0.2) is 0 Å². The van der Waals surface area contributed by atoms with E-state index in [-0.39, 0.29) is 0 Å². The molecule has 19 heavy (non-hydrogen) atoms. The summed E-state index contributed by atoms with van der Waals surface area (Å²) in [5.41, 5.74) is 3.32. The molecule has 0 fully saturated rings. The Balaban J connectivity index is 2.04. The first kappa shape index (κ1) is 10.6. The Hall–Kier alpha value is -2.28. The summed E-state index contributed by atoms with van der Waals surface area (Å²) in [5, 5.41) is 2.49. The number of hydrogen-bond donors (Lipinski definition) is 0. The van der Waals surface area contributed by atoms with Crippen molar-refractivity contribution in [3.8, 4) is 0 Å². The first-order chi connectivity index (χ1) is 9.43. The summed E-state index contributed by atoms with van der Waals surface area (Å²) in [6.07, 6.45) is 9.82. The van der Waals surface area contributed by atoms with Gasteiger partial charge in [-0.15, -0.1) is 0 Å². The SMILES string of the molecule is C1=CCC(c2cccc3oc4ccccc4c23)C=C1. The lowest BCUT2D eigenvalue weighted by Crippen LogP contribution is -1.96. The maximum Gasteiger partial charge on any atom is 0.135 e. The number of hydrogen-bond acceptors (Lipinski definition) is 1. The van der Waals surface area contributed by atoms with Crippen molar-refractivity contribution in [1.29, 1.82) is 0 Å². The van der Waals surface area contributed by atoms with Crippen molar-refractivity contribution < 1.29 is 4.42 Å². The lowest BCUT2D eigenvalue weighted by atomic mass is 9.89. The molecule has 1 heterocycles. The number of benzene rings is 2. The van der Waals surface area contributed by atoms with Crippen molar-refractivity contribution in [2.45, 2.75) is 12.3 Å². The highest BCUT2D eigenvalue weighted by molar-refractivity contribution is 6.07. The second-order valence-electron chi connectivity index (χ2n) is 4.97. The van der Waals surface area contributed by atoms with E-state index in [2.05, 4.69) is 54.6 Å². The van der Waals surface area contributed by atoms with Gasteiger partial charge in [-0.05, 0) is 24.1 Å². The van der Waals surface area contributed by atoms with Gasteiger partial charge in [-0.3, -0.25) is 0 Å². The van der Waals surface area contributed by atoms with Gasteiger partial charge in [0.05, 0.1) is 0 Å². The number of para-hydroxylation sites is 1. The summed E-state index contributed by atoms with van der Waals surface area (Å²) in [6.45, 7) is 0. The second-order valence-corrected chi connectivity index (χ2v) is 4.97. The molecule has 1 aliphatic carbocycles. The molecular weight excluding hydrogens is 232 g/mol. The second kappa shape index (κ2) is 4.13. The summed E-state index contributed by atoms with van der Waals surface area (Å²) < 4.78 is 5.94. The van der Waals surface area contributed by atoms with E-state index in [1.165, 1.54) is 16.3 Å². The number of allylic oxidation sites excluding steroid dienone is 4. The van der Waals surface area contributed by atoms with Gasteiger partial charge in [0.1, 0.15) is 11.2 Å². The maximum atomic E-state index is 5.94. The molecule has 1 heteroatoms. The molecule has 2 aromatic carbocycles. The summed E-state index contributed by atoms with van der Waals surface area (Å²) in [7, 11) is 0. The average Bonchev–Trinajstić information content (AvgIpc) is 2.86. The van der Waals surface area contributed by atoms with Gasteiger partial charge >= 0.3 is 0 Å². The molecule has 0 aliphatic heterocycles. The Labute approximate surface area is 111 Å². The molecule has 0 amide bonds. The van der Waals surface area contributed by atoms with Gasteiger partial charge in [-0.25, -0.2) is 0 Å². The largest absolute Gasteiger partial charge is 0.456 e. The molecule has 1 nitrogen and oxygen atoms in total. The molecule has 1 aromatic heterocycles. The van der Waals surface area contributed by atoms with Crippen LogP contribution in [0, 0.1) is 0 Å². The van der Waals surface area contributed by atoms with Crippen LogP contribution in [0.3, 0.4) is 0 Å². The lowest BCUT2D eigenvalue weighted by molar-refractivity contribution is 0.668. The van der Waals surface area contributed by atoms with Gasteiger partial charge < -0.3 is 4.42 Å². The highest BCUT2D eigenvalue weighted by Gasteiger charge is 2.16. The smallest absolute Gasteiger partial charge is 0.135 e. The van der Waals surface area contributed by atoms with Gasteiger partial charge in [-0.1, -0.05) is 54.6 Å². The fraction of sp³-hybridized carbons (Fsp3) is 0.111. The Morgan fingerprint density at radius 1 is 0.895 bits per heavy atom. The van der Waals surface area contributed by atoms with E-state index in [1.807, 2.05) is 12.1 Å². The van der Waals surface area contributed by atoms with Gasteiger partial charge in [0.2, 0.25) is 0 Å². The van der Waals surface area contributed by atoms with Crippen LogP contribution in [0.15, 0.2) is 71.2 Å². The fourth-order valence-corrected chi connectivity index (χ4v) is 2.92. The molecule has 92 valence electrons. The molecule has 0 saturated heterocycles. The minimum absolute atomic E-state index is 0.453. The van der Waals surface area contributed by atoms with Crippen LogP contribution in [0.5, 0.6) is 0 Å². The Kier molecular flexibility index (Phi) is 2.31. The minimum Gasteiger partial charge on any atom is -0.456 e. The van der Waals surface area contributed by atoms with E-state index in [0.717, 1.165) is 17.6 Å². The van der Waals surface area contributed by atoms with E-state index >= 15 is 0 Å². The van der Waals surface area contributed by atoms with Gasteiger partial charge in [0.15, 0.2) is 0 Å². The van der Waals surface area contributed by atoms with Crippen LogP contribution in [0.1, 0.15) is 17.9 Å². The highest BCUT2D eigenvalue weighted by Crippen LogP contribution is 2.36. The van der Waals surface area contributed by atoms with Crippen LogP contribution in [0.25, 0.3) is 21.9 Å². The molecule has 1 atom stereocenters. The minimum atomic E-state index is 0.453. The van der Waals surface area contributed by atoms with Gasteiger partial charge in [0, 0.05) is 16.7 Å². The third kappa shape index (κ3) is 1.62. The molecule has 0 radical (unpaired) electrons. The molecule has 0 spiro atoms. The van der Waals surface area contributed by atoms with Gasteiger partial charge in [-0.2, -0.15) is 0 Å². The number of rotatable bonds is 1. The predicted octanol–water partition coefficient (Wildman–Crippen LogP) is 5.19. The normalized spacial score (nSPS) is 18.4. The van der Waals surface area contributed by atoms with Crippen LogP contribution in [0.4, 0.5) is 0 Å². The fourth-order valence-electron chi connectivity index (χ4n) is 2.92. The van der Waals surface area contributed by atoms with E-state index in [0.29, 0.717) is 5.92 Å². The first-order valence-electron chi connectivity index (χ1n) is 6.67. The van der Waals surface area contributed by atoms with Crippen LogP contribution >= 0.6 is 0 Å². The molecule has 1 aliphatic rings. The zero-order valence-corrected chi connectivity index (χ0v) is 10.5. The van der Waals surface area contributed by atoms with Gasteiger partial charge in [0.25, 0.3) is 0 Å². The lowest BCUT2D eigenvalue weighted by Gasteiger charge is -2.14. The number of furan rings is 1. The van der Waals surface area contributed by atoms with E-state index in [4.69, 9.17) is 4.42 Å². The maximum absolute atomic E-state index is 5.94. The quantitative estimate of drug-likeness (QED) is 0.576. The van der Waals surface area contributed by atoms with E-state index in [9.17, 15) is 0 Å². The Morgan fingerprint density at radius 2 is 1.79 bits per heavy atom. The highest BCUT2D eigenvalue weighted by atomic mass is 16.3. The summed E-state index contributed by atoms with van der Waals surface area (Å²) >= 11 is 0. The molecule has 3 aromatic rings. The van der Waals surface area contributed by atoms with Crippen molar-refractivity contribution in [1.82, 2.24) is 0 Å². The third-order valence-corrected chi connectivity index (χ3v) is 3.81. The van der Waals surface area contributed by atoms with E-state index in [1.54, 1.807) is 0 Å². The first-order valence-corrected chi connectivity index (χ1v) is 6.67. The van der Waals surface area contributed by atoms with Crippen LogP contribution in [-0.2, 0) is 0 Å². The van der Waals surface area contributed by atoms with Crippen LogP contribution in [0.2, 0.25) is 0 Å². The predicted molar refractivity (Wildman–Crippen MR) is 79.4 cm³/mol. The zero-order chi connectivity index (χ0) is 12.7. The molecular formula is C18H14O. The molecule has 0 N–H and O–H groups in total. The zero-order valence-electron chi connectivity index (χ0n) is 10.5. The summed E-state index contributed by atoms with van der Waals surface area (Å²) in [4.78, 5) is 0. The average molecular weight is 246 g/mol. The third-order valence-electron chi connectivity index (χ3n) is 3.81.